The molecule has 0 spiro atoms. The van der Waals surface area contributed by atoms with Crippen LogP contribution in [0.15, 0.2) is 0 Å². The molecular formula is C8H15O2. The Hall–Kier alpha value is -0.530. The molecule has 0 saturated carbocycles. The lowest BCUT2D eigenvalue weighted by Crippen LogP contribution is -2.14. The summed E-state index contributed by atoms with van der Waals surface area (Å²) in [7, 11) is 0. The van der Waals surface area contributed by atoms with E-state index in [1.165, 1.54) is 0 Å². The molecule has 0 aromatic rings. The summed E-state index contributed by atoms with van der Waals surface area (Å²) in [6.07, 6.45) is 1.61. The summed E-state index contributed by atoms with van der Waals surface area (Å²) in [4.78, 5) is 10.9. The van der Waals surface area contributed by atoms with Crippen LogP contribution in [0.1, 0.15) is 26.7 Å². The monoisotopic (exact) mass is 143 g/mol. The average Bonchev–Trinajstić information content (AvgIpc) is 1.89. The predicted molar refractivity (Wildman–Crippen MR) is 40.4 cm³/mol. The van der Waals surface area contributed by atoms with Gasteiger partial charge in [0, 0.05) is 0 Å². The molecule has 0 N–H and O–H groups in total. The largest absolute Gasteiger partial charge is 0.466 e. The highest BCUT2D eigenvalue weighted by Gasteiger charge is 2.11. The molecule has 10 heavy (non-hydrogen) atoms. The number of carbonyl (C=O) groups is 1. The van der Waals surface area contributed by atoms with Gasteiger partial charge in [-0.1, -0.05) is 20.3 Å². The molecular weight excluding hydrogens is 128 g/mol. The molecule has 59 valence electrons. The summed E-state index contributed by atoms with van der Waals surface area (Å²) < 4.78 is 4.79. The van der Waals surface area contributed by atoms with Crippen LogP contribution in [0.3, 0.4) is 0 Å². The van der Waals surface area contributed by atoms with Gasteiger partial charge in [-0.3, -0.25) is 4.79 Å². The molecule has 1 radical (unpaired) electrons. The van der Waals surface area contributed by atoms with E-state index in [1.807, 2.05) is 13.8 Å². The first-order valence-electron chi connectivity index (χ1n) is 3.68. The Bertz CT molecular complexity index is 99.4. The summed E-state index contributed by atoms with van der Waals surface area (Å²) in [6, 6.07) is 0. The Morgan fingerprint density at radius 1 is 1.70 bits per heavy atom. The maximum Gasteiger partial charge on any atom is 0.308 e. The van der Waals surface area contributed by atoms with E-state index in [-0.39, 0.29) is 11.9 Å². The molecule has 0 rings (SSSR count). The van der Waals surface area contributed by atoms with Gasteiger partial charge in [-0.2, -0.15) is 0 Å². The number of hydrogen-bond acceptors (Lipinski definition) is 2. The summed E-state index contributed by atoms with van der Waals surface area (Å²) in [5.74, 6) is -0.0939. The molecule has 0 saturated heterocycles. The highest BCUT2D eigenvalue weighted by Crippen LogP contribution is 2.06. The van der Waals surface area contributed by atoms with E-state index in [4.69, 9.17) is 4.74 Å². The molecule has 0 amide bonds. The molecule has 1 unspecified atom stereocenters. The minimum atomic E-state index is -0.105. The van der Waals surface area contributed by atoms with Crippen molar-refractivity contribution in [1.29, 1.82) is 0 Å². The van der Waals surface area contributed by atoms with Crippen molar-refractivity contribution >= 4 is 5.97 Å². The molecule has 0 aliphatic heterocycles. The molecule has 1 atom stereocenters. The van der Waals surface area contributed by atoms with Crippen LogP contribution in [0.25, 0.3) is 0 Å². The molecule has 2 heteroatoms. The number of esters is 1. The minimum Gasteiger partial charge on any atom is -0.466 e. The first kappa shape index (κ1) is 9.47. The van der Waals surface area contributed by atoms with Crippen LogP contribution in [0.2, 0.25) is 0 Å². The Kier molecular flexibility index (Phi) is 4.99. The van der Waals surface area contributed by atoms with E-state index in [2.05, 4.69) is 6.92 Å². The van der Waals surface area contributed by atoms with Crippen molar-refractivity contribution in [1.82, 2.24) is 0 Å². The van der Waals surface area contributed by atoms with Crippen molar-refractivity contribution in [3.63, 3.8) is 0 Å². The second kappa shape index (κ2) is 5.27. The standard InChI is InChI=1S/C8H15O2/c1-4-6-7(3)8(9)10-5-2/h7H,1,4-6H2,2-3H3. The fraction of sp³-hybridized carbons (Fsp3) is 0.750. The van der Waals surface area contributed by atoms with Crippen LogP contribution in [-0.4, -0.2) is 12.6 Å². The molecule has 0 bridgehead atoms. The van der Waals surface area contributed by atoms with Gasteiger partial charge in [0.1, 0.15) is 0 Å². The van der Waals surface area contributed by atoms with E-state index < -0.39 is 0 Å². The molecule has 0 aliphatic rings. The number of rotatable bonds is 4. The van der Waals surface area contributed by atoms with Gasteiger partial charge < -0.3 is 4.74 Å². The van der Waals surface area contributed by atoms with Crippen LogP contribution in [-0.2, 0) is 9.53 Å². The second-order valence-corrected chi connectivity index (χ2v) is 2.30. The fourth-order valence-corrected chi connectivity index (χ4v) is 0.709. The highest BCUT2D eigenvalue weighted by atomic mass is 16.5. The van der Waals surface area contributed by atoms with Crippen molar-refractivity contribution in [2.45, 2.75) is 26.7 Å². The van der Waals surface area contributed by atoms with Crippen molar-refractivity contribution in [2.75, 3.05) is 6.61 Å². The van der Waals surface area contributed by atoms with E-state index in [0.717, 1.165) is 12.8 Å². The zero-order chi connectivity index (χ0) is 7.98. The lowest BCUT2D eigenvalue weighted by molar-refractivity contribution is -0.147. The Morgan fingerprint density at radius 3 is 2.70 bits per heavy atom. The van der Waals surface area contributed by atoms with Crippen LogP contribution in [0.4, 0.5) is 0 Å². The van der Waals surface area contributed by atoms with Gasteiger partial charge in [0.05, 0.1) is 12.5 Å². The van der Waals surface area contributed by atoms with Crippen molar-refractivity contribution < 1.29 is 9.53 Å². The maximum absolute atomic E-state index is 10.9. The lowest BCUT2D eigenvalue weighted by atomic mass is 10.1. The minimum absolute atomic E-state index is 0.0115. The van der Waals surface area contributed by atoms with Crippen molar-refractivity contribution in [2.24, 2.45) is 5.92 Å². The third kappa shape index (κ3) is 3.49. The van der Waals surface area contributed by atoms with Gasteiger partial charge in [0.15, 0.2) is 0 Å². The normalized spacial score (nSPS) is 12.7. The van der Waals surface area contributed by atoms with Gasteiger partial charge in [0.2, 0.25) is 0 Å². The average molecular weight is 143 g/mol. The van der Waals surface area contributed by atoms with Gasteiger partial charge >= 0.3 is 5.97 Å². The number of hydrogen-bond donors (Lipinski definition) is 0. The molecule has 0 fully saturated rings. The van der Waals surface area contributed by atoms with Crippen LogP contribution in [0.5, 0.6) is 0 Å². The summed E-state index contributed by atoms with van der Waals surface area (Å²) in [5, 5.41) is 0. The van der Waals surface area contributed by atoms with Gasteiger partial charge in [-0.25, -0.2) is 0 Å². The zero-order valence-electron chi connectivity index (χ0n) is 6.72. The fourth-order valence-electron chi connectivity index (χ4n) is 0.709. The van der Waals surface area contributed by atoms with Crippen LogP contribution in [0, 0.1) is 12.8 Å². The van der Waals surface area contributed by atoms with Crippen LogP contribution < -0.4 is 0 Å². The van der Waals surface area contributed by atoms with Gasteiger partial charge in [-0.15, -0.1) is 0 Å². The molecule has 0 aromatic heterocycles. The van der Waals surface area contributed by atoms with E-state index in [0.29, 0.717) is 6.61 Å². The van der Waals surface area contributed by atoms with Gasteiger partial charge in [0.25, 0.3) is 0 Å². The van der Waals surface area contributed by atoms with Crippen molar-refractivity contribution in [3.8, 4) is 0 Å². The Labute approximate surface area is 62.6 Å². The summed E-state index contributed by atoms with van der Waals surface area (Å²) in [6.45, 7) is 7.81. The second-order valence-electron chi connectivity index (χ2n) is 2.30. The van der Waals surface area contributed by atoms with Crippen LogP contribution >= 0.6 is 0 Å². The highest BCUT2D eigenvalue weighted by molar-refractivity contribution is 5.71. The first-order valence-corrected chi connectivity index (χ1v) is 3.68. The van der Waals surface area contributed by atoms with Gasteiger partial charge in [-0.05, 0) is 13.3 Å². The quantitative estimate of drug-likeness (QED) is 0.561. The third-order valence-corrected chi connectivity index (χ3v) is 1.33. The maximum atomic E-state index is 10.9. The zero-order valence-corrected chi connectivity index (χ0v) is 6.72. The summed E-state index contributed by atoms with van der Waals surface area (Å²) in [5.41, 5.74) is 0. The molecule has 0 aromatic carbocycles. The van der Waals surface area contributed by atoms with E-state index in [9.17, 15) is 4.79 Å². The predicted octanol–water partition coefficient (Wildman–Crippen LogP) is 1.80. The SMILES string of the molecule is [CH2]CCC(C)C(=O)OCC. The van der Waals surface area contributed by atoms with E-state index in [1.54, 1.807) is 0 Å². The number of carbonyl (C=O) groups excluding carboxylic acids is 1. The molecule has 0 aliphatic carbocycles. The topological polar surface area (TPSA) is 26.3 Å². The first-order chi connectivity index (χ1) is 4.72. The van der Waals surface area contributed by atoms with Crippen molar-refractivity contribution in [3.05, 3.63) is 6.92 Å². The summed E-state index contributed by atoms with van der Waals surface area (Å²) >= 11 is 0. The Morgan fingerprint density at radius 2 is 2.30 bits per heavy atom. The van der Waals surface area contributed by atoms with E-state index >= 15 is 0 Å². The Balaban J connectivity index is 3.49. The third-order valence-electron chi connectivity index (χ3n) is 1.33. The molecule has 0 heterocycles. The molecule has 2 nitrogen and oxygen atoms in total. The lowest BCUT2D eigenvalue weighted by Gasteiger charge is -2.07. The smallest absolute Gasteiger partial charge is 0.308 e. The number of ether oxygens (including phenoxy) is 1.